The molecule has 1 amide bonds. The highest BCUT2D eigenvalue weighted by atomic mass is 16.6. The van der Waals surface area contributed by atoms with Gasteiger partial charge in [-0.3, -0.25) is 14.9 Å². The van der Waals surface area contributed by atoms with Crippen molar-refractivity contribution in [3.05, 3.63) is 56.4 Å². The van der Waals surface area contributed by atoms with Gasteiger partial charge in [-0.05, 0) is 51.8 Å². The number of aromatic nitrogens is 1. The van der Waals surface area contributed by atoms with Gasteiger partial charge in [-0.15, -0.1) is 0 Å². The third kappa shape index (κ3) is 4.16. The molecule has 0 aliphatic heterocycles. The van der Waals surface area contributed by atoms with E-state index < -0.39 is 23.4 Å². The van der Waals surface area contributed by atoms with E-state index in [0.29, 0.717) is 11.1 Å². The fraction of sp³-hybridized carbons (Fsp3) is 0.368. The molecule has 27 heavy (non-hydrogen) atoms. The molecule has 0 fully saturated rings. The quantitative estimate of drug-likeness (QED) is 0.474. The predicted octanol–water partition coefficient (Wildman–Crippen LogP) is 3.45. The molecular formula is C19H23N3O5. The van der Waals surface area contributed by atoms with Crippen LogP contribution in [0.25, 0.3) is 0 Å². The molecule has 0 bridgehead atoms. The van der Waals surface area contributed by atoms with Gasteiger partial charge in [0.15, 0.2) is 6.61 Å². The third-order valence-electron chi connectivity index (χ3n) is 4.62. The van der Waals surface area contributed by atoms with E-state index in [9.17, 15) is 19.7 Å². The van der Waals surface area contributed by atoms with Gasteiger partial charge >= 0.3 is 5.97 Å². The number of ether oxygens (including phenoxy) is 1. The minimum absolute atomic E-state index is 0.116. The summed E-state index contributed by atoms with van der Waals surface area (Å²) in [6.45, 7) is 9.34. The first kappa shape index (κ1) is 20.2. The van der Waals surface area contributed by atoms with Crippen molar-refractivity contribution in [2.24, 2.45) is 0 Å². The summed E-state index contributed by atoms with van der Waals surface area (Å²) >= 11 is 0. The zero-order valence-electron chi connectivity index (χ0n) is 16.1. The molecule has 0 radical (unpaired) electrons. The molecular weight excluding hydrogens is 350 g/mol. The Morgan fingerprint density at radius 1 is 1.22 bits per heavy atom. The number of aryl methyl sites for hydroxylation is 2. The van der Waals surface area contributed by atoms with Crippen LogP contribution in [-0.2, 0) is 16.1 Å². The molecule has 144 valence electrons. The molecule has 0 spiro atoms. The van der Waals surface area contributed by atoms with Crippen molar-refractivity contribution >= 4 is 23.3 Å². The van der Waals surface area contributed by atoms with Gasteiger partial charge in [0, 0.05) is 24.0 Å². The topological polar surface area (TPSA) is 103 Å². The van der Waals surface area contributed by atoms with Gasteiger partial charge in [-0.1, -0.05) is 6.07 Å². The molecule has 0 aliphatic rings. The van der Waals surface area contributed by atoms with Crippen molar-refractivity contribution < 1.29 is 19.2 Å². The van der Waals surface area contributed by atoms with E-state index in [-0.39, 0.29) is 11.4 Å². The molecule has 8 heteroatoms. The van der Waals surface area contributed by atoms with Gasteiger partial charge < -0.3 is 14.6 Å². The maximum absolute atomic E-state index is 12.3. The van der Waals surface area contributed by atoms with E-state index in [1.807, 2.05) is 25.3 Å². The number of nitro groups is 1. The highest BCUT2D eigenvalue weighted by Crippen LogP contribution is 2.30. The number of hydrogen-bond donors (Lipinski definition) is 1. The maximum Gasteiger partial charge on any atom is 0.340 e. The van der Waals surface area contributed by atoms with Crippen LogP contribution in [0.1, 0.15) is 39.8 Å². The number of amides is 1. The minimum atomic E-state index is -0.635. The van der Waals surface area contributed by atoms with Crippen molar-refractivity contribution in [2.45, 2.75) is 41.2 Å². The van der Waals surface area contributed by atoms with Crippen LogP contribution in [0, 0.1) is 37.8 Å². The smallest absolute Gasteiger partial charge is 0.340 e. The van der Waals surface area contributed by atoms with Crippen LogP contribution in [0.15, 0.2) is 18.2 Å². The minimum Gasteiger partial charge on any atom is -0.452 e. The number of benzene rings is 1. The lowest BCUT2D eigenvalue weighted by Gasteiger charge is -2.11. The number of hydrogen-bond acceptors (Lipinski definition) is 5. The summed E-state index contributed by atoms with van der Waals surface area (Å²) in [6, 6.07) is 4.67. The average molecular weight is 373 g/mol. The molecule has 0 aliphatic carbocycles. The molecule has 8 nitrogen and oxygen atoms in total. The first-order valence-electron chi connectivity index (χ1n) is 8.55. The Morgan fingerprint density at radius 2 is 1.89 bits per heavy atom. The fourth-order valence-corrected chi connectivity index (χ4v) is 2.99. The molecule has 1 aromatic carbocycles. The van der Waals surface area contributed by atoms with Gasteiger partial charge in [0.1, 0.15) is 5.69 Å². The maximum atomic E-state index is 12.3. The number of rotatable bonds is 6. The normalized spacial score (nSPS) is 10.6. The van der Waals surface area contributed by atoms with Crippen LogP contribution >= 0.6 is 0 Å². The largest absolute Gasteiger partial charge is 0.452 e. The number of esters is 1. The SMILES string of the molecule is CCn1c(C)cc(C(=O)OCC(=O)Nc2c([N+](=O)[O-])ccc(C)c2C)c1C. The summed E-state index contributed by atoms with van der Waals surface area (Å²) in [5.74, 6) is -1.24. The molecule has 2 rings (SSSR count). The van der Waals surface area contributed by atoms with Crippen LogP contribution in [0.4, 0.5) is 11.4 Å². The summed E-state index contributed by atoms with van der Waals surface area (Å²) in [5.41, 5.74) is 3.41. The Labute approximate surface area is 157 Å². The molecule has 0 saturated heterocycles. The summed E-state index contributed by atoms with van der Waals surface area (Å²) in [7, 11) is 0. The van der Waals surface area contributed by atoms with Gasteiger partial charge in [0.05, 0.1) is 10.5 Å². The summed E-state index contributed by atoms with van der Waals surface area (Å²) in [6.07, 6.45) is 0. The van der Waals surface area contributed by atoms with Crippen LogP contribution in [0.3, 0.4) is 0 Å². The second-order valence-corrected chi connectivity index (χ2v) is 6.31. The van der Waals surface area contributed by atoms with E-state index >= 15 is 0 Å². The van der Waals surface area contributed by atoms with E-state index in [1.165, 1.54) is 6.07 Å². The van der Waals surface area contributed by atoms with E-state index in [4.69, 9.17) is 4.74 Å². The van der Waals surface area contributed by atoms with Crippen LogP contribution in [0.2, 0.25) is 0 Å². The summed E-state index contributed by atoms with van der Waals surface area (Å²) in [4.78, 5) is 35.1. The number of nitrogens with zero attached hydrogens (tertiary/aromatic N) is 2. The second-order valence-electron chi connectivity index (χ2n) is 6.31. The predicted molar refractivity (Wildman–Crippen MR) is 101 cm³/mol. The van der Waals surface area contributed by atoms with Gasteiger partial charge in [-0.25, -0.2) is 4.79 Å². The number of nitrogens with one attached hydrogen (secondary N) is 1. The van der Waals surface area contributed by atoms with Crippen molar-refractivity contribution in [3.63, 3.8) is 0 Å². The molecule has 0 unspecified atom stereocenters. The first-order chi connectivity index (χ1) is 12.7. The lowest BCUT2D eigenvalue weighted by atomic mass is 10.1. The Morgan fingerprint density at radius 3 is 2.44 bits per heavy atom. The second kappa shape index (κ2) is 8.03. The Hall–Kier alpha value is -3.16. The van der Waals surface area contributed by atoms with Crippen molar-refractivity contribution in [3.8, 4) is 0 Å². The Bertz CT molecular complexity index is 915. The van der Waals surface area contributed by atoms with Gasteiger partial charge in [0.25, 0.3) is 11.6 Å². The molecule has 0 saturated carbocycles. The van der Waals surface area contributed by atoms with Gasteiger partial charge in [0.2, 0.25) is 0 Å². The summed E-state index contributed by atoms with van der Waals surface area (Å²) < 4.78 is 7.06. The molecule has 0 atom stereocenters. The van der Waals surface area contributed by atoms with Crippen molar-refractivity contribution in [2.75, 3.05) is 11.9 Å². The number of anilines is 1. The number of carbonyl (C=O) groups is 2. The van der Waals surface area contributed by atoms with Crippen molar-refractivity contribution in [1.82, 2.24) is 4.57 Å². The average Bonchev–Trinajstić information content (AvgIpc) is 2.90. The lowest BCUT2D eigenvalue weighted by molar-refractivity contribution is -0.384. The van der Waals surface area contributed by atoms with E-state index in [1.54, 1.807) is 26.0 Å². The molecule has 2 aromatic rings. The lowest BCUT2D eigenvalue weighted by Crippen LogP contribution is -2.22. The van der Waals surface area contributed by atoms with E-state index in [0.717, 1.165) is 23.5 Å². The Kier molecular flexibility index (Phi) is 5.99. The fourth-order valence-electron chi connectivity index (χ4n) is 2.99. The third-order valence-corrected chi connectivity index (χ3v) is 4.62. The molecule has 1 N–H and O–H groups in total. The molecule has 1 heterocycles. The number of carbonyl (C=O) groups excluding carboxylic acids is 2. The van der Waals surface area contributed by atoms with Crippen molar-refractivity contribution in [1.29, 1.82) is 0 Å². The van der Waals surface area contributed by atoms with Crippen LogP contribution in [-0.4, -0.2) is 28.0 Å². The molecule has 1 aromatic heterocycles. The van der Waals surface area contributed by atoms with Gasteiger partial charge in [-0.2, -0.15) is 0 Å². The zero-order chi connectivity index (χ0) is 20.3. The van der Waals surface area contributed by atoms with Crippen LogP contribution < -0.4 is 5.32 Å². The summed E-state index contributed by atoms with van der Waals surface area (Å²) in [5, 5.41) is 13.7. The Balaban J connectivity index is 2.11. The number of nitro benzene ring substituents is 1. The van der Waals surface area contributed by atoms with E-state index in [2.05, 4.69) is 5.32 Å². The highest BCUT2D eigenvalue weighted by molar-refractivity contribution is 5.98. The first-order valence-corrected chi connectivity index (χ1v) is 8.55. The van der Waals surface area contributed by atoms with Crippen LogP contribution in [0.5, 0.6) is 0 Å². The standard InChI is InChI=1S/C19H23N3O5/c1-6-21-12(3)9-15(14(21)5)19(24)27-10-17(23)20-18-13(4)11(2)7-8-16(18)22(25)26/h7-9H,6,10H2,1-5H3,(H,20,23). The monoisotopic (exact) mass is 373 g/mol. The highest BCUT2D eigenvalue weighted by Gasteiger charge is 2.21. The zero-order valence-corrected chi connectivity index (χ0v) is 16.1.